The van der Waals surface area contributed by atoms with Crippen LogP contribution in [0.25, 0.3) is 0 Å². The summed E-state index contributed by atoms with van der Waals surface area (Å²) in [6, 6.07) is 12.9. The summed E-state index contributed by atoms with van der Waals surface area (Å²) in [5.74, 6) is -0.0911. The second-order valence-electron chi connectivity index (χ2n) is 4.49. The van der Waals surface area contributed by atoms with Gasteiger partial charge in [0.25, 0.3) is 10.0 Å². The molecule has 7 heteroatoms. The van der Waals surface area contributed by atoms with Crippen LogP contribution in [0.4, 0.5) is 5.69 Å². The maximum Gasteiger partial charge on any atom is 0.261 e. The van der Waals surface area contributed by atoms with Crippen molar-refractivity contribution in [2.75, 3.05) is 4.72 Å². The fourth-order valence-corrected chi connectivity index (χ4v) is 2.95. The molecule has 0 saturated heterocycles. The number of hydrogen-bond donors (Lipinski definition) is 3. The molecule has 0 heterocycles. The fraction of sp³-hybridized carbons (Fsp3) is 0.0714. The second-order valence-corrected chi connectivity index (χ2v) is 6.17. The molecule has 2 rings (SSSR count). The Kier molecular flexibility index (Phi) is 4.13. The smallest absolute Gasteiger partial charge is 0.261 e. The minimum absolute atomic E-state index is 0.0911. The van der Waals surface area contributed by atoms with Gasteiger partial charge in [-0.1, -0.05) is 29.4 Å². The normalized spacial score (nSPS) is 12.1. The van der Waals surface area contributed by atoms with Crippen molar-refractivity contribution in [1.82, 2.24) is 0 Å². The van der Waals surface area contributed by atoms with Crippen molar-refractivity contribution in [2.45, 2.75) is 11.8 Å². The van der Waals surface area contributed by atoms with Crippen LogP contribution >= 0.6 is 0 Å². The van der Waals surface area contributed by atoms with E-state index >= 15 is 0 Å². The van der Waals surface area contributed by atoms with Gasteiger partial charge in [-0.15, -0.1) is 0 Å². The van der Waals surface area contributed by atoms with Gasteiger partial charge in [0.05, 0.1) is 4.90 Å². The molecule has 0 aliphatic carbocycles. The van der Waals surface area contributed by atoms with Crippen LogP contribution in [0, 0.1) is 6.92 Å². The van der Waals surface area contributed by atoms with E-state index in [0.29, 0.717) is 11.3 Å². The summed E-state index contributed by atoms with van der Waals surface area (Å²) in [5, 5.41) is 11.5. The largest absolute Gasteiger partial charge is 0.409 e. The Balaban J connectivity index is 2.33. The summed E-state index contributed by atoms with van der Waals surface area (Å²) >= 11 is 0. The number of hydrogen-bond acceptors (Lipinski definition) is 4. The quantitative estimate of drug-likeness (QED) is 0.347. The van der Waals surface area contributed by atoms with E-state index in [2.05, 4.69) is 9.88 Å². The van der Waals surface area contributed by atoms with E-state index < -0.39 is 10.0 Å². The monoisotopic (exact) mass is 305 g/mol. The first-order chi connectivity index (χ1) is 9.92. The Hall–Kier alpha value is -2.54. The van der Waals surface area contributed by atoms with E-state index in [4.69, 9.17) is 10.9 Å². The highest BCUT2D eigenvalue weighted by Crippen LogP contribution is 2.18. The Morgan fingerprint density at radius 2 is 1.90 bits per heavy atom. The zero-order valence-electron chi connectivity index (χ0n) is 11.3. The number of amidine groups is 1. The van der Waals surface area contributed by atoms with Crippen molar-refractivity contribution in [2.24, 2.45) is 10.9 Å². The van der Waals surface area contributed by atoms with Gasteiger partial charge in [0.15, 0.2) is 5.84 Å². The van der Waals surface area contributed by atoms with Gasteiger partial charge in [-0.25, -0.2) is 8.42 Å². The van der Waals surface area contributed by atoms with E-state index in [9.17, 15) is 8.42 Å². The Morgan fingerprint density at radius 1 is 1.19 bits per heavy atom. The molecule has 0 radical (unpaired) electrons. The van der Waals surface area contributed by atoms with Crippen molar-refractivity contribution in [3.63, 3.8) is 0 Å². The summed E-state index contributed by atoms with van der Waals surface area (Å²) in [6.45, 7) is 1.82. The summed E-state index contributed by atoms with van der Waals surface area (Å²) in [6.07, 6.45) is 0. The van der Waals surface area contributed by atoms with Gasteiger partial charge in [0.1, 0.15) is 0 Å². The maximum atomic E-state index is 12.3. The third kappa shape index (κ3) is 3.51. The van der Waals surface area contributed by atoms with Gasteiger partial charge in [0, 0.05) is 11.3 Å². The number of sulfonamides is 1. The highest BCUT2D eigenvalue weighted by molar-refractivity contribution is 7.92. The molecule has 0 amide bonds. The Morgan fingerprint density at radius 3 is 2.57 bits per heavy atom. The van der Waals surface area contributed by atoms with Crippen molar-refractivity contribution >= 4 is 21.5 Å². The SMILES string of the molecule is Cc1cccc(S(=O)(=O)Nc2cccc(/C(N)=N/O)c2)c1. The molecule has 0 fully saturated rings. The lowest BCUT2D eigenvalue weighted by Gasteiger charge is -2.09. The first kappa shape index (κ1) is 14.9. The highest BCUT2D eigenvalue weighted by Gasteiger charge is 2.14. The van der Waals surface area contributed by atoms with Crippen LogP contribution in [0.5, 0.6) is 0 Å². The van der Waals surface area contributed by atoms with Crippen LogP contribution in [-0.4, -0.2) is 19.5 Å². The minimum atomic E-state index is -3.68. The molecule has 110 valence electrons. The molecule has 2 aromatic carbocycles. The average Bonchev–Trinajstić information content (AvgIpc) is 2.46. The van der Waals surface area contributed by atoms with E-state index in [0.717, 1.165) is 5.56 Å². The maximum absolute atomic E-state index is 12.3. The Labute approximate surface area is 123 Å². The average molecular weight is 305 g/mol. The number of rotatable bonds is 4. The third-order valence-corrected chi connectivity index (χ3v) is 4.20. The summed E-state index contributed by atoms with van der Waals surface area (Å²) in [7, 11) is -3.68. The molecular weight excluding hydrogens is 290 g/mol. The molecule has 0 atom stereocenters. The zero-order chi connectivity index (χ0) is 15.5. The molecule has 6 nitrogen and oxygen atoms in total. The summed E-state index contributed by atoms with van der Waals surface area (Å²) in [4.78, 5) is 0.178. The van der Waals surface area contributed by atoms with Crippen LogP contribution in [0.2, 0.25) is 0 Å². The van der Waals surface area contributed by atoms with Crippen LogP contribution in [0.15, 0.2) is 58.6 Å². The summed E-state index contributed by atoms with van der Waals surface area (Å²) < 4.78 is 27.0. The number of aryl methyl sites for hydroxylation is 1. The van der Waals surface area contributed by atoms with Crippen molar-refractivity contribution in [3.8, 4) is 0 Å². The number of nitrogens with two attached hydrogens (primary N) is 1. The van der Waals surface area contributed by atoms with Gasteiger partial charge >= 0.3 is 0 Å². The van der Waals surface area contributed by atoms with E-state index in [1.165, 1.54) is 12.1 Å². The van der Waals surface area contributed by atoms with Crippen LogP contribution < -0.4 is 10.5 Å². The topological polar surface area (TPSA) is 105 Å². The van der Waals surface area contributed by atoms with Gasteiger partial charge < -0.3 is 10.9 Å². The molecule has 4 N–H and O–H groups in total. The molecule has 0 saturated carbocycles. The lowest BCUT2D eigenvalue weighted by molar-refractivity contribution is 0.318. The second kappa shape index (κ2) is 5.84. The Bertz CT molecular complexity index is 786. The first-order valence-corrected chi connectivity index (χ1v) is 7.58. The molecular formula is C14H15N3O3S. The van der Waals surface area contributed by atoms with E-state index in [1.54, 1.807) is 30.3 Å². The number of oxime groups is 1. The number of nitrogens with one attached hydrogen (secondary N) is 1. The molecule has 0 unspecified atom stereocenters. The van der Waals surface area contributed by atoms with Crippen LogP contribution in [0.1, 0.15) is 11.1 Å². The third-order valence-electron chi connectivity index (χ3n) is 2.82. The predicted molar refractivity (Wildman–Crippen MR) is 80.9 cm³/mol. The molecule has 2 aromatic rings. The lowest BCUT2D eigenvalue weighted by atomic mass is 10.2. The first-order valence-electron chi connectivity index (χ1n) is 6.10. The number of nitrogens with zero attached hydrogens (tertiary/aromatic N) is 1. The molecule has 0 aromatic heterocycles. The molecule has 0 bridgehead atoms. The lowest BCUT2D eigenvalue weighted by Crippen LogP contribution is -2.15. The van der Waals surface area contributed by atoms with Crippen LogP contribution in [-0.2, 0) is 10.0 Å². The van der Waals surface area contributed by atoms with Crippen molar-refractivity contribution in [3.05, 3.63) is 59.7 Å². The van der Waals surface area contributed by atoms with Crippen molar-refractivity contribution in [1.29, 1.82) is 0 Å². The zero-order valence-corrected chi connectivity index (χ0v) is 12.1. The van der Waals surface area contributed by atoms with E-state index in [-0.39, 0.29) is 10.7 Å². The van der Waals surface area contributed by atoms with Crippen molar-refractivity contribution < 1.29 is 13.6 Å². The van der Waals surface area contributed by atoms with Crippen LogP contribution in [0.3, 0.4) is 0 Å². The molecule has 0 aliphatic heterocycles. The van der Waals surface area contributed by atoms with Gasteiger partial charge in [-0.3, -0.25) is 4.72 Å². The minimum Gasteiger partial charge on any atom is -0.409 e. The van der Waals surface area contributed by atoms with E-state index in [1.807, 2.05) is 13.0 Å². The fourth-order valence-electron chi connectivity index (χ4n) is 1.80. The standard InChI is InChI=1S/C14H15N3O3S/c1-10-4-2-7-13(8-10)21(19,20)17-12-6-3-5-11(9-12)14(15)16-18/h2-9,17-18H,1H3,(H2,15,16). The predicted octanol–water partition coefficient (Wildman–Crippen LogP) is 1.89. The summed E-state index contributed by atoms with van der Waals surface area (Å²) in [5.41, 5.74) is 7.08. The van der Waals surface area contributed by atoms with Gasteiger partial charge in [-0.05, 0) is 36.8 Å². The van der Waals surface area contributed by atoms with Gasteiger partial charge in [0.2, 0.25) is 0 Å². The number of anilines is 1. The number of benzene rings is 2. The molecule has 0 spiro atoms. The molecule has 0 aliphatic rings. The van der Waals surface area contributed by atoms with Gasteiger partial charge in [-0.2, -0.15) is 0 Å². The molecule has 21 heavy (non-hydrogen) atoms. The highest BCUT2D eigenvalue weighted by atomic mass is 32.2.